The molecule has 0 radical (unpaired) electrons. The summed E-state index contributed by atoms with van der Waals surface area (Å²) >= 11 is 0. The third-order valence-corrected chi connectivity index (χ3v) is 18.8. The van der Waals surface area contributed by atoms with Crippen molar-refractivity contribution in [1.82, 2.24) is 0 Å². The third kappa shape index (κ3) is 81.3. The van der Waals surface area contributed by atoms with Crippen LogP contribution in [-0.4, -0.2) is 49.3 Å². The van der Waals surface area contributed by atoms with E-state index in [1.807, 2.05) is 0 Å². The van der Waals surface area contributed by atoms with Crippen molar-refractivity contribution in [1.29, 1.82) is 0 Å². The van der Waals surface area contributed by atoms with E-state index >= 15 is 0 Å². The molecule has 2 unspecified atom stereocenters. The lowest BCUT2D eigenvalue weighted by Crippen LogP contribution is -2.29. The zero-order valence-corrected chi connectivity index (χ0v) is 64.2. The summed E-state index contributed by atoms with van der Waals surface area (Å²) in [5, 5.41) is 0. The summed E-state index contributed by atoms with van der Waals surface area (Å²) in [6, 6.07) is 0. The van der Waals surface area contributed by atoms with Gasteiger partial charge < -0.3 is 20.1 Å². The van der Waals surface area contributed by atoms with Gasteiger partial charge in [0.25, 0.3) is 0 Å². The van der Waals surface area contributed by atoms with Crippen LogP contribution in [0.5, 0.6) is 0 Å². The Balaban J connectivity index is 3.79. The molecular formula is C87H154NO8P. The number of ether oxygens (including phenoxy) is 2. The molecule has 0 aliphatic carbocycles. The lowest BCUT2D eigenvalue weighted by Gasteiger charge is -2.19. The zero-order chi connectivity index (χ0) is 70.0. The number of phosphoric acid groups is 1. The molecule has 0 amide bonds. The van der Waals surface area contributed by atoms with Crippen LogP contribution in [0.2, 0.25) is 0 Å². The summed E-state index contributed by atoms with van der Waals surface area (Å²) < 4.78 is 33.3. The average Bonchev–Trinajstić information content (AvgIpc) is 2.69. The van der Waals surface area contributed by atoms with Gasteiger partial charge in [-0.05, 0) is 109 Å². The van der Waals surface area contributed by atoms with E-state index in [1.54, 1.807) is 0 Å². The van der Waals surface area contributed by atoms with Gasteiger partial charge in [0, 0.05) is 19.4 Å². The molecule has 9 nitrogen and oxygen atoms in total. The predicted molar refractivity (Wildman–Crippen MR) is 422 cm³/mol. The summed E-state index contributed by atoms with van der Waals surface area (Å²) in [6.45, 7) is 3.66. The molecule has 0 aromatic carbocycles. The molecule has 10 heteroatoms. The van der Waals surface area contributed by atoms with Gasteiger partial charge in [0.2, 0.25) is 0 Å². The van der Waals surface area contributed by atoms with Gasteiger partial charge in [0.15, 0.2) is 6.10 Å². The fraction of sp³-hybridized carbons (Fsp3) is 0.747. The van der Waals surface area contributed by atoms with Gasteiger partial charge in [-0.15, -0.1) is 0 Å². The van der Waals surface area contributed by atoms with Crippen molar-refractivity contribution in [3.63, 3.8) is 0 Å². The minimum absolute atomic E-state index is 0.0509. The van der Waals surface area contributed by atoms with Crippen LogP contribution in [-0.2, 0) is 32.7 Å². The van der Waals surface area contributed by atoms with Crippen molar-refractivity contribution in [2.24, 2.45) is 5.73 Å². The minimum atomic E-state index is -4.40. The molecule has 560 valence electrons. The van der Waals surface area contributed by atoms with Gasteiger partial charge in [-0.1, -0.05) is 386 Å². The molecule has 0 spiro atoms. The Kier molecular flexibility index (Phi) is 78.4. The number of esters is 2. The van der Waals surface area contributed by atoms with E-state index in [9.17, 15) is 19.0 Å². The van der Waals surface area contributed by atoms with Crippen molar-refractivity contribution >= 4 is 19.8 Å². The number of hydrogen-bond donors (Lipinski definition) is 2. The maximum atomic E-state index is 12.8. The first kappa shape index (κ1) is 93.4. The van der Waals surface area contributed by atoms with Gasteiger partial charge >= 0.3 is 19.8 Å². The van der Waals surface area contributed by atoms with Crippen molar-refractivity contribution in [2.75, 3.05) is 26.4 Å². The number of nitrogens with two attached hydrogens (primary N) is 1. The smallest absolute Gasteiger partial charge is 0.462 e. The summed E-state index contributed by atoms with van der Waals surface area (Å²) in [6.07, 6.45) is 115. The van der Waals surface area contributed by atoms with Crippen molar-refractivity contribution < 1.29 is 37.6 Å². The molecule has 0 bridgehead atoms. The summed E-state index contributed by atoms with van der Waals surface area (Å²) in [5.41, 5.74) is 5.42. The zero-order valence-electron chi connectivity index (χ0n) is 63.3. The van der Waals surface area contributed by atoms with E-state index in [2.05, 4.69) is 135 Å². The summed E-state index contributed by atoms with van der Waals surface area (Å²) in [5.74, 6) is -0.817. The average molecular weight is 1370 g/mol. The number of allylic oxidation sites excluding steroid dienone is 20. The van der Waals surface area contributed by atoms with Crippen LogP contribution < -0.4 is 5.73 Å². The lowest BCUT2D eigenvalue weighted by molar-refractivity contribution is -0.161. The Bertz CT molecular complexity index is 2020. The number of carbonyl (C=O) groups is 2. The molecule has 0 aliphatic heterocycles. The Hall–Kier alpha value is -3.59. The van der Waals surface area contributed by atoms with Gasteiger partial charge in [0.1, 0.15) is 6.61 Å². The van der Waals surface area contributed by atoms with Crippen molar-refractivity contribution in [3.8, 4) is 0 Å². The van der Waals surface area contributed by atoms with E-state index in [4.69, 9.17) is 24.3 Å². The van der Waals surface area contributed by atoms with Gasteiger partial charge in [-0.3, -0.25) is 18.6 Å². The van der Waals surface area contributed by atoms with Gasteiger partial charge in [0.05, 0.1) is 13.2 Å². The molecule has 0 saturated carbocycles. The van der Waals surface area contributed by atoms with E-state index in [-0.39, 0.29) is 38.6 Å². The maximum Gasteiger partial charge on any atom is 0.472 e. The highest BCUT2D eigenvalue weighted by Gasteiger charge is 2.26. The summed E-state index contributed by atoms with van der Waals surface area (Å²) in [4.78, 5) is 35.5. The highest BCUT2D eigenvalue weighted by Crippen LogP contribution is 2.43. The van der Waals surface area contributed by atoms with Crippen LogP contribution in [0.4, 0.5) is 0 Å². The Morgan fingerprint density at radius 3 is 0.845 bits per heavy atom. The first-order valence-corrected chi connectivity index (χ1v) is 42.5. The van der Waals surface area contributed by atoms with E-state index in [1.165, 1.54) is 257 Å². The predicted octanol–water partition coefficient (Wildman–Crippen LogP) is 27.8. The molecular weight excluding hydrogens is 1220 g/mol. The topological polar surface area (TPSA) is 134 Å². The maximum absolute atomic E-state index is 12.8. The molecule has 97 heavy (non-hydrogen) atoms. The lowest BCUT2D eigenvalue weighted by atomic mass is 10.0. The first-order valence-electron chi connectivity index (χ1n) is 41.0. The molecule has 0 fully saturated rings. The first-order chi connectivity index (χ1) is 47.8. The quantitative estimate of drug-likeness (QED) is 0.0264. The van der Waals surface area contributed by atoms with Crippen LogP contribution in [0.1, 0.15) is 386 Å². The molecule has 0 aliphatic rings. The Labute approximate surface area is 600 Å². The number of unbranched alkanes of at least 4 members (excludes halogenated alkanes) is 44. The highest BCUT2D eigenvalue weighted by molar-refractivity contribution is 7.47. The van der Waals surface area contributed by atoms with Crippen LogP contribution in [0.3, 0.4) is 0 Å². The number of carbonyl (C=O) groups excluding carboxylic acids is 2. The van der Waals surface area contributed by atoms with Crippen LogP contribution >= 0.6 is 7.82 Å². The second-order valence-corrected chi connectivity index (χ2v) is 28.7. The van der Waals surface area contributed by atoms with E-state index in [0.717, 1.165) is 96.3 Å². The van der Waals surface area contributed by atoms with Crippen LogP contribution in [0.15, 0.2) is 122 Å². The molecule has 0 heterocycles. The van der Waals surface area contributed by atoms with Crippen LogP contribution in [0, 0.1) is 0 Å². The highest BCUT2D eigenvalue weighted by atomic mass is 31.2. The van der Waals surface area contributed by atoms with E-state index < -0.39 is 26.5 Å². The second kappa shape index (κ2) is 81.4. The molecule has 0 aromatic heterocycles. The number of rotatable bonds is 77. The Morgan fingerprint density at radius 1 is 0.320 bits per heavy atom. The fourth-order valence-corrected chi connectivity index (χ4v) is 12.6. The van der Waals surface area contributed by atoms with E-state index in [0.29, 0.717) is 6.42 Å². The van der Waals surface area contributed by atoms with Crippen molar-refractivity contribution in [3.05, 3.63) is 122 Å². The third-order valence-electron chi connectivity index (χ3n) is 17.8. The molecule has 0 aromatic rings. The molecule has 3 N–H and O–H groups in total. The minimum Gasteiger partial charge on any atom is -0.462 e. The molecule has 0 rings (SSSR count). The summed E-state index contributed by atoms with van der Waals surface area (Å²) in [7, 11) is -4.40. The van der Waals surface area contributed by atoms with Gasteiger partial charge in [-0.2, -0.15) is 0 Å². The number of hydrogen-bond acceptors (Lipinski definition) is 8. The van der Waals surface area contributed by atoms with Crippen LogP contribution in [0.25, 0.3) is 0 Å². The normalized spacial score (nSPS) is 13.5. The number of phosphoric ester groups is 1. The molecule has 2 atom stereocenters. The fourth-order valence-electron chi connectivity index (χ4n) is 11.8. The second-order valence-electron chi connectivity index (χ2n) is 27.3. The largest absolute Gasteiger partial charge is 0.472 e. The van der Waals surface area contributed by atoms with Crippen molar-refractivity contribution in [2.45, 2.75) is 392 Å². The molecule has 0 saturated heterocycles. The SMILES string of the molecule is CC/C=C\C/C=C\C/C=C\C/C=C\C/C=C\C/C=C\C/C=C\CCCCCCCCCCCCCCCC(=O)OC(COC(=O)CCCCCCCCCCCCCCCCCCCCCCCCCCCC/C=C\C/C=C\C/C=C\CCCCCCC)COP(=O)(O)OCCN. The monoisotopic (exact) mass is 1370 g/mol. The van der Waals surface area contributed by atoms with Gasteiger partial charge in [-0.25, -0.2) is 4.57 Å². The Morgan fingerprint density at radius 2 is 0.567 bits per heavy atom. The standard InChI is InChI=1S/C87H154NO8P/c1-3-5-7-9-11-13-15-17-19-21-23-25-27-29-31-33-35-37-39-40-41-42-43-44-46-47-49-51-53-55-57-59-61-63-65-67-69-71-73-75-77-79-86(89)93-83-85(84-95-97(91,92)94-82-81-88)96-87(90)80-78-76-74-72-70-68-66-64-62-60-58-56-54-52-50-48-45-38-36-34-32-30-28-26-24-22-20-18-16-14-12-10-8-6-4-2/h6,8,12,14-15,17-18,20-21,23-24,26-27,29-30,32,36,38,48,50,85H,3-5,7,9-11,13,16,19,22,25,28,31,33-35,37,39-47,49,51-84,88H2,1-2H3,(H,91,92)/b8-6-,14-12-,17-15-,20-18-,23-21-,26-24-,29-27-,32-30-,38-36-,50-48-.